The Bertz CT molecular complexity index is 505. The highest BCUT2D eigenvalue weighted by atomic mass is 16.2. The van der Waals surface area contributed by atoms with Crippen LogP contribution in [-0.2, 0) is 16.0 Å². The average molecular weight is 229 g/mol. The van der Waals surface area contributed by atoms with Gasteiger partial charge in [-0.25, -0.2) is 0 Å². The first kappa shape index (κ1) is 11.1. The number of rotatable bonds is 2. The van der Waals surface area contributed by atoms with Gasteiger partial charge in [0.1, 0.15) is 0 Å². The van der Waals surface area contributed by atoms with E-state index in [1.54, 1.807) is 18.2 Å². The van der Waals surface area contributed by atoms with Gasteiger partial charge in [-0.05, 0) is 11.6 Å². The molecule has 0 atom stereocenters. The normalized spacial score (nSPS) is 15.4. The zero-order valence-corrected chi connectivity index (χ0v) is 9.14. The van der Waals surface area contributed by atoms with Gasteiger partial charge >= 0.3 is 11.8 Å². The fraction of sp³-hybridized carbons (Fsp3) is 0.250. The summed E-state index contributed by atoms with van der Waals surface area (Å²) in [6.45, 7) is 0.873. The van der Waals surface area contributed by atoms with Crippen molar-refractivity contribution in [3.63, 3.8) is 0 Å². The number of amides is 2. The van der Waals surface area contributed by atoms with Gasteiger partial charge < -0.3 is 10.2 Å². The minimum absolute atomic E-state index is 0.224. The summed E-state index contributed by atoms with van der Waals surface area (Å²) < 4.78 is 0. The van der Waals surface area contributed by atoms with Gasteiger partial charge in [-0.3, -0.25) is 9.59 Å². The number of carbonyl (C=O) groups is 2. The number of benzene rings is 1. The number of carbonyl (C=O) groups excluding carboxylic acids is 2. The molecule has 2 rings (SSSR count). The Hall–Kier alpha value is -2.35. The summed E-state index contributed by atoms with van der Waals surface area (Å²) in [4.78, 5) is 24.4. The predicted molar refractivity (Wildman–Crippen MR) is 61.1 cm³/mol. The predicted octanol–water partition coefficient (Wildman–Crippen LogP) is 0.215. The Kier molecular flexibility index (Phi) is 3.06. The van der Waals surface area contributed by atoms with E-state index in [9.17, 15) is 9.59 Å². The zero-order chi connectivity index (χ0) is 12.3. The van der Waals surface area contributed by atoms with E-state index in [0.29, 0.717) is 18.8 Å². The fourth-order valence-corrected chi connectivity index (χ4v) is 1.82. The van der Waals surface area contributed by atoms with Gasteiger partial charge in [0.2, 0.25) is 0 Å². The third-order valence-electron chi connectivity index (χ3n) is 2.61. The van der Waals surface area contributed by atoms with Crippen molar-refractivity contribution in [1.29, 1.82) is 5.26 Å². The van der Waals surface area contributed by atoms with Crippen molar-refractivity contribution in [2.75, 3.05) is 18.0 Å². The highest BCUT2D eigenvalue weighted by Crippen LogP contribution is 2.21. The molecule has 0 unspecified atom stereocenters. The standard InChI is InChI=1S/C12H11N3O2/c13-6-5-9-3-1-2-4-10(9)15-8-7-14-11(16)12(15)17/h1-4H,5,7-8H2,(H,14,16). The highest BCUT2D eigenvalue weighted by molar-refractivity contribution is 6.41. The smallest absolute Gasteiger partial charge is 0.316 e. The number of nitrogens with one attached hydrogen (secondary N) is 1. The molecule has 0 aromatic heterocycles. The summed E-state index contributed by atoms with van der Waals surface area (Å²) in [5, 5.41) is 11.2. The van der Waals surface area contributed by atoms with E-state index >= 15 is 0 Å². The van der Waals surface area contributed by atoms with Crippen molar-refractivity contribution < 1.29 is 9.59 Å². The molecule has 1 aliphatic heterocycles. The minimum atomic E-state index is -0.594. The second kappa shape index (κ2) is 4.66. The number of para-hydroxylation sites is 1. The molecule has 2 amide bonds. The molecule has 0 spiro atoms. The van der Waals surface area contributed by atoms with Crippen LogP contribution in [0.3, 0.4) is 0 Å². The van der Waals surface area contributed by atoms with Gasteiger partial charge in [-0.15, -0.1) is 0 Å². The van der Waals surface area contributed by atoms with E-state index in [2.05, 4.69) is 11.4 Å². The summed E-state index contributed by atoms with van der Waals surface area (Å²) in [5.74, 6) is -1.16. The van der Waals surface area contributed by atoms with Crippen LogP contribution in [0, 0.1) is 11.3 Å². The Morgan fingerprint density at radius 2 is 2.12 bits per heavy atom. The third-order valence-corrected chi connectivity index (χ3v) is 2.61. The first-order chi connectivity index (χ1) is 8.24. The molecule has 17 heavy (non-hydrogen) atoms. The molecule has 0 saturated carbocycles. The largest absolute Gasteiger partial charge is 0.346 e. The van der Waals surface area contributed by atoms with E-state index in [0.717, 1.165) is 5.56 Å². The van der Waals surface area contributed by atoms with Crippen molar-refractivity contribution >= 4 is 17.5 Å². The first-order valence-corrected chi connectivity index (χ1v) is 5.28. The lowest BCUT2D eigenvalue weighted by atomic mass is 10.1. The molecule has 1 aromatic rings. The summed E-state index contributed by atoms with van der Waals surface area (Å²) in [7, 11) is 0. The van der Waals surface area contributed by atoms with Crippen molar-refractivity contribution in [3.8, 4) is 6.07 Å². The molecule has 1 aliphatic rings. The summed E-state index contributed by atoms with van der Waals surface area (Å²) >= 11 is 0. The van der Waals surface area contributed by atoms with Crippen LogP contribution in [0.5, 0.6) is 0 Å². The molecule has 1 fully saturated rings. The van der Waals surface area contributed by atoms with Crippen LogP contribution in [0.25, 0.3) is 0 Å². The van der Waals surface area contributed by atoms with Gasteiger partial charge in [0.05, 0.1) is 12.5 Å². The van der Waals surface area contributed by atoms with E-state index in [1.165, 1.54) is 4.90 Å². The van der Waals surface area contributed by atoms with Crippen molar-refractivity contribution in [3.05, 3.63) is 29.8 Å². The summed E-state index contributed by atoms with van der Waals surface area (Å²) in [5.41, 5.74) is 1.41. The van der Waals surface area contributed by atoms with Crippen molar-refractivity contribution in [2.45, 2.75) is 6.42 Å². The van der Waals surface area contributed by atoms with Crippen molar-refractivity contribution in [1.82, 2.24) is 5.32 Å². The summed E-state index contributed by atoms with van der Waals surface area (Å²) in [6, 6.07) is 9.19. The van der Waals surface area contributed by atoms with Gasteiger partial charge in [-0.1, -0.05) is 18.2 Å². The number of nitrogens with zero attached hydrogens (tertiary/aromatic N) is 2. The number of hydrogen-bond acceptors (Lipinski definition) is 3. The second-order valence-electron chi connectivity index (χ2n) is 3.68. The van der Waals surface area contributed by atoms with Crippen molar-refractivity contribution in [2.24, 2.45) is 0 Å². The fourth-order valence-electron chi connectivity index (χ4n) is 1.82. The lowest BCUT2D eigenvalue weighted by Crippen LogP contribution is -2.52. The first-order valence-electron chi connectivity index (χ1n) is 5.28. The molecule has 1 aromatic carbocycles. The second-order valence-corrected chi connectivity index (χ2v) is 3.68. The number of piperazine rings is 1. The number of anilines is 1. The SMILES string of the molecule is N#CCc1ccccc1N1CCNC(=O)C1=O. The van der Waals surface area contributed by atoms with Gasteiger partial charge in [0.25, 0.3) is 0 Å². The topological polar surface area (TPSA) is 73.2 Å². The minimum Gasteiger partial charge on any atom is -0.346 e. The molecule has 5 heteroatoms. The monoisotopic (exact) mass is 229 g/mol. The molecular weight excluding hydrogens is 218 g/mol. The molecule has 0 bridgehead atoms. The van der Waals surface area contributed by atoms with Crippen LogP contribution in [0.15, 0.2) is 24.3 Å². The molecule has 1 N–H and O–H groups in total. The Labute approximate surface area is 98.6 Å². The zero-order valence-electron chi connectivity index (χ0n) is 9.14. The van der Waals surface area contributed by atoms with Crippen LogP contribution in [0.2, 0.25) is 0 Å². The van der Waals surface area contributed by atoms with E-state index < -0.39 is 11.8 Å². The molecule has 5 nitrogen and oxygen atoms in total. The van der Waals surface area contributed by atoms with Crippen LogP contribution in [-0.4, -0.2) is 24.9 Å². The molecular formula is C12H11N3O2. The lowest BCUT2D eigenvalue weighted by Gasteiger charge is -2.27. The average Bonchev–Trinajstić information content (AvgIpc) is 2.34. The van der Waals surface area contributed by atoms with Gasteiger partial charge in [0, 0.05) is 18.8 Å². The highest BCUT2D eigenvalue weighted by Gasteiger charge is 2.28. The number of hydrogen-bond donors (Lipinski definition) is 1. The Balaban J connectivity index is 2.36. The molecule has 1 heterocycles. The lowest BCUT2D eigenvalue weighted by molar-refractivity contribution is -0.138. The van der Waals surface area contributed by atoms with Crippen LogP contribution >= 0.6 is 0 Å². The maximum absolute atomic E-state index is 11.7. The molecule has 86 valence electrons. The third kappa shape index (κ3) is 2.11. The van der Waals surface area contributed by atoms with Crippen LogP contribution in [0.4, 0.5) is 5.69 Å². The van der Waals surface area contributed by atoms with Crippen LogP contribution < -0.4 is 10.2 Å². The molecule has 0 radical (unpaired) electrons. The maximum atomic E-state index is 11.7. The van der Waals surface area contributed by atoms with E-state index in [4.69, 9.17) is 5.26 Å². The molecule has 0 aliphatic carbocycles. The molecule has 1 saturated heterocycles. The van der Waals surface area contributed by atoms with Gasteiger partial charge in [0.15, 0.2) is 0 Å². The van der Waals surface area contributed by atoms with Crippen LogP contribution in [0.1, 0.15) is 5.56 Å². The van der Waals surface area contributed by atoms with E-state index in [-0.39, 0.29) is 6.42 Å². The summed E-state index contributed by atoms with van der Waals surface area (Å²) in [6.07, 6.45) is 0.224. The Morgan fingerprint density at radius 1 is 1.35 bits per heavy atom. The number of nitriles is 1. The van der Waals surface area contributed by atoms with Gasteiger partial charge in [-0.2, -0.15) is 5.26 Å². The quantitative estimate of drug-likeness (QED) is 0.737. The van der Waals surface area contributed by atoms with E-state index in [1.807, 2.05) is 6.07 Å². The maximum Gasteiger partial charge on any atom is 0.316 e. The Morgan fingerprint density at radius 3 is 2.88 bits per heavy atom.